The summed E-state index contributed by atoms with van der Waals surface area (Å²) in [5.74, 6) is 3.64. The molecule has 1 N–H and O–H groups in total. The zero-order valence-electron chi connectivity index (χ0n) is 13.6. The SMILES string of the molecule is CN=C(NCCN1CCSCC1)N1CCC2(CCOC2)C1.I. The lowest BCUT2D eigenvalue weighted by atomic mass is 9.87. The highest BCUT2D eigenvalue weighted by Gasteiger charge is 2.42. The number of likely N-dealkylation sites (tertiary alicyclic amines) is 1. The molecule has 128 valence electrons. The molecule has 7 heteroatoms. The van der Waals surface area contributed by atoms with E-state index in [1.807, 2.05) is 7.05 Å². The average molecular weight is 440 g/mol. The van der Waals surface area contributed by atoms with E-state index in [9.17, 15) is 0 Å². The number of guanidine groups is 1. The van der Waals surface area contributed by atoms with E-state index in [4.69, 9.17) is 4.74 Å². The van der Waals surface area contributed by atoms with E-state index in [0.717, 1.165) is 45.4 Å². The van der Waals surface area contributed by atoms with Gasteiger partial charge in [-0.25, -0.2) is 0 Å². The largest absolute Gasteiger partial charge is 0.381 e. The Hall–Kier alpha value is 0.270. The molecule has 3 heterocycles. The van der Waals surface area contributed by atoms with Gasteiger partial charge in [-0.15, -0.1) is 24.0 Å². The summed E-state index contributed by atoms with van der Waals surface area (Å²) in [7, 11) is 1.90. The van der Waals surface area contributed by atoms with Gasteiger partial charge in [0, 0.05) is 69.8 Å². The second kappa shape index (κ2) is 8.94. The van der Waals surface area contributed by atoms with Crippen LogP contribution in [0.15, 0.2) is 4.99 Å². The van der Waals surface area contributed by atoms with Crippen molar-refractivity contribution in [2.45, 2.75) is 12.8 Å². The van der Waals surface area contributed by atoms with E-state index in [0.29, 0.717) is 5.41 Å². The number of thioether (sulfide) groups is 1. The highest BCUT2D eigenvalue weighted by Crippen LogP contribution is 2.38. The summed E-state index contributed by atoms with van der Waals surface area (Å²) in [5.41, 5.74) is 0.404. The number of rotatable bonds is 3. The number of nitrogens with zero attached hydrogens (tertiary/aromatic N) is 3. The topological polar surface area (TPSA) is 40.1 Å². The first-order chi connectivity index (χ1) is 10.3. The van der Waals surface area contributed by atoms with Gasteiger partial charge in [0.15, 0.2) is 5.96 Å². The molecule has 3 aliphatic rings. The molecule has 0 bridgehead atoms. The minimum atomic E-state index is 0. The molecule has 0 saturated carbocycles. The maximum atomic E-state index is 5.61. The molecular weight excluding hydrogens is 411 g/mol. The van der Waals surface area contributed by atoms with Crippen molar-refractivity contribution in [3.63, 3.8) is 0 Å². The first-order valence-electron chi connectivity index (χ1n) is 8.15. The van der Waals surface area contributed by atoms with Crippen LogP contribution in [0.25, 0.3) is 0 Å². The van der Waals surface area contributed by atoms with Crippen LogP contribution in [0.3, 0.4) is 0 Å². The summed E-state index contributed by atoms with van der Waals surface area (Å²) in [6.07, 6.45) is 2.46. The van der Waals surface area contributed by atoms with Crippen LogP contribution in [-0.4, -0.2) is 86.8 Å². The number of nitrogens with one attached hydrogen (secondary N) is 1. The Morgan fingerprint density at radius 3 is 2.77 bits per heavy atom. The zero-order valence-corrected chi connectivity index (χ0v) is 16.7. The van der Waals surface area contributed by atoms with Gasteiger partial charge in [0.25, 0.3) is 0 Å². The highest BCUT2D eigenvalue weighted by atomic mass is 127. The minimum absolute atomic E-state index is 0. The van der Waals surface area contributed by atoms with Crippen molar-refractivity contribution in [3.05, 3.63) is 0 Å². The van der Waals surface area contributed by atoms with Crippen LogP contribution < -0.4 is 5.32 Å². The van der Waals surface area contributed by atoms with Gasteiger partial charge in [-0.05, 0) is 12.8 Å². The van der Waals surface area contributed by atoms with Gasteiger partial charge in [0.2, 0.25) is 0 Å². The molecule has 3 aliphatic heterocycles. The van der Waals surface area contributed by atoms with E-state index in [1.165, 1.54) is 37.4 Å². The molecule has 1 unspecified atom stereocenters. The molecule has 1 spiro atoms. The maximum absolute atomic E-state index is 5.61. The highest BCUT2D eigenvalue weighted by molar-refractivity contribution is 14.0. The van der Waals surface area contributed by atoms with Crippen molar-refractivity contribution in [1.82, 2.24) is 15.1 Å². The summed E-state index contributed by atoms with van der Waals surface area (Å²) < 4.78 is 5.61. The molecule has 3 saturated heterocycles. The minimum Gasteiger partial charge on any atom is -0.381 e. The molecule has 0 amide bonds. The van der Waals surface area contributed by atoms with Gasteiger partial charge < -0.3 is 15.0 Å². The summed E-state index contributed by atoms with van der Waals surface area (Å²) >= 11 is 2.07. The van der Waals surface area contributed by atoms with Crippen molar-refractivity contribution in [2.75, 3.05) is 71.0 Å². The van der Waals surface area contributed by atoms with Gasteiger partial charge >= 0.3 is 0 Å². The standard InChI is InChI=1S/C15H28N4OS.HI/c1-16-14(17-4-6-18-7-10-21-11-8-18)19-5-2-15(12-19)3-9-20-13-15;/h2-13H2,1H3,(H,16,17);1H. The van der Waals surface area contributed by atoms with Crippen LogP contribution in [0, 0.1) is 5.41 Å². The van der Waals surface area contributed by atoms with Gasteiger partial charge in [-0.3, -0.25) is 9.89 Å². The zero-order chi connectivity index (χ0) is 14.5. The summed E-state index contributed by atoms with van der Waals surface area (Å²) in [4.78, 5) is 9.44. The fourth-order valence-corrected chi connectivity index (χ4v) is 4.55. The fraction of sp³-hybridized carbons (Fsp3) is 0.933. The maximum Gasteiger partial charge on any atom is 0.193 e. The second-order valence-electron chi connectivity index (χ2n) is 6.40. The number of hydrogen-bond acceptors (Lipinski definition) is 4. The first-order valence-corrected chi connectivity index (χ1v) is 9.30. The molecule has 0 aromatic rings. The van der Waals surface area contributed by atoms with Gasteiger partial charge in [-0.2, -0.15) is 11.8 Å². The lowest BCUT2D eigenvalue weighted by Gasteiger charge is -2.28. The van der Waals surface area contributed by atoms with Crippen molar-refractivity contribution < 1.29 is 4.74 Å². The Bertz CT molecular complexity index is 371. The van der Waals surface area contributed by atoms with Crippen LogP contribution >= 0.6 is 35.7 Å². The van der Waals surface area contributed by atoms with E-state index < -0.39 is 0 Å². The predicted octanol–water partition coefficient (Wildman–Crippen LogP) is 1.34. The normalized spacial score (nSPS) is 29.9. The average Bonchev–Trinajstić information content (AvgIpc) is 3.15. The van der Waals surface area contributed by atoms with Crippen molar-refractivity contribution in [1.29, 1.82) is 0 Å². The molecule has 5 nitrogen and oxygen atoms in total. The predicted molar refractivity (Wildman–Crippen MR) is 105 cm³/mol. The number of halogens is 1. The summed E-state index contributed by atoms with van der Waals surface area (Å²) in [6, 6.07) is 0. The van der Waals surface area contributed by atoms with Crippen LogP contribution in [0.5, 0.6) is 0 Å². The monoisotopic (exact) mass is 440 g/mol. The van der Waals surface area contributed by atoms with Gasteiger partial charge in [-0.1, -0.05) is 0 Å². The molecule has 0 aliphatic carbocycles. The van der Waals surface area contributed by atoms with E-state index >= 15 is 0 Å². The molecular formula is C15H29IN4OS. The van der Waals surface area contributed by atoms with Crippen LogP contribution in [0.4, 0.5) is 0 Å². The molecule has 3 fully saturated rings. The fourth-order valence-electron chi connectivity index (χ4n) is 3.57. The van der Waals surface area contributed by atoms with Crippen LogP contribution in [0.1, 0.15) is 12.8 Å². The lowest BCUT2D eigenvalue weighted by Crippen LogP contribution is -2.45. The van der Waals surface area contributed by atoms with Gasteiger partial charge in [0.05, 0.1) is 6.61 Å². The van der Waals surface area contributed by atoms with Crippen LogP contribution in [0.2, 0.25) is 0 Å². The molecule has 3 rings (SSSR count). The van der Waals surface area contributed by atoms with E-state index in [2.05, 4.69) is 31.9 Å². The van der Waals surface area contributed by atoms with E-state index in [1.54, 1.807) is 0 Å². The van der Waals surface area contributed by atoms with Crippen LogP contribution in [-0.2, 0) is 4.74 Å². The Morgan fingerprint density at radius 2 is 2.09 bits per heavy atom. The third-order valence-corrected chi connectivity index (χ3v) is 5.89. The Kier molecular flexibility index (Phi) is 7.56. The molecule has 22 heavy (non-hydrogen) atoms. The lowest BCUT2D eigenvalue weighted by molar-refractivity contribution is 0.156. The third-order valence-electron chi connectivity index (χ3n) is 4.95. The Balaban J connectivity index is 0.00000176. The Morgan fingerprint density at radius 1 is 1.27 bits per heavy atom. The summed E-state index contributed by atoms with van der Waals surface area (Å²) in [5, 5.41) is 3.55. The first kappa shape index (κ1) is 18.6. The molecule has 1 atom stereocenters. The van der Waals surface area contributed by atoms with Crippen molar-refractivity contribution >= 4 is 41.7 Å². The van der Waals surface area contributed by atoms with Crippen molar-refractivity contribution in [2.24, 2.45) is 10.4 Å². The number of ether oxygens (including phenoxy) is 1. The number of aliphatic imine (C=N–C) groups is 1. The second-order valence-corrected chi connectivity index (χ2v) is 7.63. The summed E-state index contributed by atoms with van der Waals surface area (Å²) in [6.45, 7) is 8.68. The third kappa shape index (κ3) is 4.64. The Labute approximate surface area is 155 Å². The molecule has 0 aromatic carbocycles. The van der Waals surface area contributed by atoms with Crippen molar-refractivity contribution in [3.8, 4) is 0 Å². The van der Waals surface area contributed by atoms with Gasteiger partial charge in [0.1, 0.15) is 0 Å². The number of hydrogen-bond donors (Lipinski definition) is 1. The quantitative estimate of drug-likeness (QED) is 0.408. The van der Waals surface area contributed by atoms with E-state index in [-0.39, 0.29) is 24.0 Å². The molecule has 0 aromatic heterocycles. The smallest absolute Gasteiger partial charge is 0.193 e. The molecule has 0 radical (unpaired) electrons.